The van der Waals surface area contributed by atoms with E-state index < -0.39 is 0 Å². The average Bonchev–Trinajstić information content (AvgIpc) is 2.55. The molecule has 0 amide bonds. The number of nitrogens with zero attached hydrogens (tertiary/aromatic N) is 1. The highest BCUT2D eigenvalue weighted by Crippen LogP contribution is 2.33. The molecule has 0 fully saturated rings. The van der Waals surface area contributed by atoms with E-state index >= 15 is 0 Å². The number of anilines is 1. The lowest BCUT2D eigenvalue weighted by Crippen LogP contribution is -2.34. The van der Waals surface area contributed by atoms with Crippen LogP contribution in [0.15, 0.2) is 57.7 Å². The Kier molecular flexibility index (Phi) is 2.89. The van der Waals surface area contributed by atoms with Gasteiger partial charge in [0, 0.05) is 5.69 Å². The molecule has 22 heavy (non-hydrogen) atoms. The Morgan fingerprint density at radius 2 is 1.91 bits per heavy atom. The predicted molar refractivity (Wildman–Crippen MR) is 85.3 cm³/mol. The van der Waals surface area contributed by atoms with Gasteiger partial charge in [-0.25, -0.2) is 4.79 Å². The van der Waals surface area contributed by atoms with E-state index in [1.54, 1.807) is 0 Å². The van der Waals surface area contributed by atoms with Crippen LogP contribution in [0.3, 0.4) is 0 Å². The fraction of sp³-hybridized carbons (Fsp3) is 0.167. The summed E-state index contributed by atoms with van der Waals surface area (Å²) in [5, 5.41) is 0.855. The SMILES string of the molecule is Cc1ccc2c3c(c(=O)oc2c1)CN(c1ccccc1)CO3. The van der Waals surface area contributed by atoms with Gasteiger partial charge in [-0.1, -0.05) is 24.3 Å². The molecular formula is C18H15NO3. The smallest absolute Gasteiger partial charge is 0.345 e. The van der Waals surface area contributed by atoms with Crippen molar-refractivity contribution in [2.45, 2.75) is 13.5 Å². The van der Waals surface area contributed by atoms with Crippen LogP contribution >= 0.6 is 0 Å². The minimum Gasteiger partial charge on any atom is -0.472 e. The largest absolute Gasteiger partial charge is 0.472 e. The number of fused-ring (bicyclic) bond motifs is 3. The van der Waals surface area contributed by atoms with E-state index in [2.05, 4.69) is 0 Å². The molecule has 3 aromatic rings. The molecule has 4 heteroatoms. The molecule has 0 saturated heterocycles. The molecule has 4 nitrogen and oxygen atoms in total. The van der Waals surface area contributed by atoms with Crippen molar-refractivity contribution in [3.63, 3.8) is 0 Å². The number of benzene rings is 2. The van der Waals surface area contributed by atoms with Gasteiger partial charge in [0.25, 0.3) is 0 Å². The number of hydrogen-bond donors (Lipinski definition) is 0. The first-order valence-corrected chi connectivity index (χ1v) is 7.21. The predicted octanol–water partition coefficient (Wildman–Crippen LogP) is 3.46. The van der Waals surface area contributed by atoms with E-state index in [-0.39, 0.29) is 5.63 Å². The highest BCUT2D eigenvalue weighted by Gasteiger charge is 2.24. The summed E-state index contributed by atoms with van der Waals surface area (Å²) in [6.07, 6.45) is 0. The van der Waals surface area contributed by atoms with Crippen molar-refractivity contribution < 1.29 is 9.15 Å². The molecule has 0 radical (unpaired) electrons. The van der Waals surface area contributed by atoms with Gasteiger partial charge in [0.15, 0.2) is 6.73 Å². The Bertz CT molecular complexity index is 899. The van der Waals surface area contributed by atoms with Crippen LogP contribution in [-0.2, 0) is 6.54 Å². The van der Waals surface area contributed by atoms with Gasteiger partial charge in [-0.3, -0.25) is 0 Å². The van der Waals surface area contributed by atoms with E-state index in [4.69, 9.17) is 9.15 Å². The summed E-state index contributed by atoms with van der Waals surface area (Å²) < 4.78 is 11.4. The van der Waals surface area contributed by atoms with Crippen molar-refractivity contribution in [1.82, 2.24) is 0 Å². The minimum atomic E-state index is -0.325. The highest BCUT2D eigenvalue weighted by molar-refractivity contribution is 5.85. The summed E-state index contributed by atoms with van der Waals surface area (Å²) >= 11 is 0. The molecule has 0 bridgehead atoms. The maximum absolute atomic E-state index is 12.3. The lowest BCUT2D eigenvalue weighted by molar-refractivity contribution is 0.287. The van der Waals surface area contributed by atoms with Gasteiger partial charge in [-0.2, -0.15) is 0 Å². The molecule has 1 aliphatic rings. The zero-order chi connectivity index (χ0) is 15.1. The number of para-hydroxylation sites is 1. The zero-order valence-electron chi connectivity index (χ0n) is 12.2. The third-order valence-corrected chi connectivity index (χ3v) is 3.94. The Morgan fingerprint density at radius 3 is 2.73 bits per heavy atom. The summed E-state index contributed by atoms with van der Waals surface area (Å²) in [4.78, 5) is 14.3. The van der Waals surface area contributed by atoms with Crippen LogP contribution in [0, 0.1) is 6.92 Å². The summed E-state index contributed by atoms with van der Waals surface area (Å²) in [6.45, 7) is 2.88. The monoisotopic (exact) mass is 293 g/mol. The van der Waals surface area contributed by atoms with Crippen molar-refractivity contribution in [3.8, 4) is 5.75 Å². The topological polar surface area (TPSA) is 42.7 Å². The number of ether oxygens (including phenoxy) is 1. The number of rotatable bonds is 1. The van der Waals surface area contributed by atoms with Crippen LogP contribution in [-0.4, -0.2) is 6.73 Å². The van der Waals surface area contributed by atoms with E-state index in [1.807, 2.05) is 60.4 Å². The first kappa shape index (κ1) is 13.0. The normalized spacial score (nSPS) is 13.8. The number of hydrogen-bond acceptors (Lipinski definition) is 4. The van der Waals surface area contributed by atoms with E-state index in [1.165, 1.54) is 0 Å². The molecular weight excluding hydrogens is 278 g/mol. The molecule has 1 aromatic heterocycles. The van der Waals surface area contributed by atoms with Crippen LogP contribution in [0.4, 0.5) is 5.69 Å². The maximum atomic E-state index is 12.3. The fourth-order valence-corrected chi connectivity index (χ4v) is 2.80. The van der Waals surface area contributed by atoms with Crippen molar-refractivity contribution in [1.29, 1.82) is 0 Å². The lowest BCUT2D eigenvalue weighted by Gasteiger charge is -2.30. The summed E-state index contributed by atoms with van der Waals surface area (Å²) in [5.74, 6) is 0.651. The van der Waals surface area contributed by atoms with Crippen LogP contribution in [0.2, 0.25) is 0 Å². The van der Waals surface area contributed by atoms with Gasteiger partial charge in [-0.05, 0) is 36.8 Å². The third kappa shape index (κ3) is 2.04. The van der Waals surface area contributed by atoms with Gasteiger partial charge in [-0.15, -0.1) is 0 Å². The standard InChI is InChI=1S/C18H15NO3/c1-12-7-8-14-16(9-12)22-18(20)15-10-19(11-21-17(14)15)13-5-3-2-4-6-13/h2-9H,10-11H2,1H3. The summed E-state index contributed by atoms with van der Waals surface area (Å²) in [5.41, 5.74) is 2.91. The molecule has 0 spiro atoms. The molecule has 0 unspecified atom stereocenters. The first-order valence-electron chi connectivity index (χ1n) is 7.21. The summed E-state index contributed by atoms with van der Waals surface area (Å²) in [6, 6.07) is 15.7. The molecule has 0 atom stereocenters. The lowest BCUT2D eigenvalue weighted by atomic mass is 10.1. The van der Waals surface area contributed by atoms with Crippen molar-refractivity contribution in [2.75, 3.05) is 11.6 Å². The van der Waals surface area contributed by atoms with E-state index in [0.717, 1.165) is 16.6 Å². The molecule has 0 saturated carbocycles. The molecule has 0 N–H and O–H groups in total. The Hall–Kier alpha value is -2.75. The summed E-state index contributed by atoms with van der Waals surface area (Å²) in [7, 11) is 0. The van der Waals surface area contributed by atoms with Crippen LogP contribution < -0.4 is 15.3 Å². The Balaban J connectivity index is 1.83. The van der Waals surface area contributed by atoms with Crippen LogP contribution in [0.25, 0.3) is 11.0 Å². The highest BCUT2D eigenvalue weighted by atomic mass is 16.5. The van der Waals surface area contributed by atoms with Crippen LogP contribution in [0.5, 0.6) is 5.75 Å². The Labute approximate surface area is 127 Å². The third-order valence-electron chi connectivity index (χ3n) is 3.94. The second-order valence-corrected chi connectivity index (χ2v) is 5.50. The van der Waals surface area contributed by atoms with Crippen molar-refractivity contribution in [3.05, 3.63) is 70.1 Å². The van der Waals surface area contributed by atoms with E-state index in [0.29, 0.717) is 30.2 Å². The first-order chi connectivity index (χ1) is 10.7. The van der Waals surface area contributed by atoms with E-state index in [9.17, 15) is 4.79 Å². The molecule has 2 heterocycles. The molecule has 0 aliphatic carbocycles. The quantitative estimate of drug-likeness (QED) is 0.644. The van der Waals surface area contributed by atoms with Gasteiger partial charge >= 0.3 is 5.63 Å². The van der Waals surface area contributed by atoms with Crippen molar-refractivity contribution >= 4 is 16.7 Å². The second-order valence-electron chi connectivity index (χ2n) is 5.50. The molecule has 2 aromatic carbocycles. The maximum Gasteiger partial charge on any atom is 0.345 e. The second kappa shape index (κ2) is 4.91. The van der Waals surface area contributed by atoms with Gasteiger partial charge in [0.1, 0.15) is 11.3 Å². The van der Waals surface area contributed by atoms with Crippen molar-refractivity contribution in [2.24, 2.45) is 0 Å². The van der Waals surface area contributed by atoms with Gasteiger partial charge < -0.3 is 14.1 Å². The number of aryl methyl sites for hydroxylation is 1. The molecule has 4 rings (SSSR count). The zero-order valence-corrected chi connectivity index (χ0v) is 12.2. The van der Waals surface area contributed by atoms with Gasteiger partial charge in [0.05, 0.1) is 17.5 Å². The molecule has 110 valence electrons. The average molecular weight is 293 g/mol. The van der Waals surface area contributed by atoms with Crippen LogP contribution in [0.1, 0.15) is 11.1 Å². The molecule has 1 aliphatic heterocycles. The Morgan fingerprint density at radius 1 is 1.09 bits per heavy atom. The fourth-order valence-electron chi connectivity index (χ4n) is 2.80. The van der Waals surface area contributed by atoms with Gasteiger partial charge in [0.2, 0.25) is 0 Å². The minimum absolute atomic E-state index is 0.325.